The van der Waals surface area contributed by atoms with Crippen molar-refractivity contribution in [2.75, 3.05) is 13.2 Å². The fourth-order valence-corrected chi connectivity index (χ4v) is 3.24. The van der Waals surface area contributed by atoms with Gasteiger partial charge in [-0.1, -0.05) is 0 Å². The Balaban J connectivity index is 2.07. The summed E-state index contributed by atoms with van der Waals surface area (Å²) < 4.78 is 61.9. The molecule has 0 amide bonds. The molecule has 8 nitrogen and oxygen atoms in total. The Morgan fingerprint density at radius 1 is 0.750 bits per heavy atom. The highest BCUT2D eigenvalue weighted by atomic mass is 32.3. The zero-order valence-corrected chi connectivity index (χ0v) is 9.70. The second-order valence-electron chi connectivity index (χ2n) is 3.31. The minimum absolute atomic E-state index is 0.0479. The minimum atomic E-state index is -4.03. The summed E-state index contributed by atoms with van der Waals surface area (Å²) in [4.78, 5) is 0. The maximum atomic E-state index is 11.0. The lowest BCUT2D eigenvalue weighted by Crippen LogP contribution is -2.43. The second kappa shape index (κ2) is 4.20. The van der Waals surface area contributed by atoms with Crippen LogP contribution in [0.3, 0.4) is 0 Å². The van der Waals surface area contributed by atoms with Gasteiger partial charge in [0, 0.05) is 12.8 Å². The average Bonchev–Trinajstić information content (AvgIpc) is 2.14. The zero-order chi connectivity index (χ0) is 11.8. The molecule has 0 saturated carbocycles. The summed E-state index contributed by atoms with van der Waals surface area (Å²) in [5.74, 6) is 0. The summed E-state index contributed by atoms with van der Waals surface area (Å²) in [5, 5.41) is 0. The molecule has 0 radical (unpaired) electrons. The highest BCUT2D eigenvalue weighted by Crippen LogP contribution is 2.25. The van der Waals surface area contributed by atoms with Gasteiger partial charge in [-0.25, -0.2) is 16.7 Å². The number of hydrogen-bond acceptors (Lipinski definition) is 8. The van der Waals surface area contributed by atoms with Gasteiger partial charge >= 0.3 is 20.8 Å². The van der Waals surface area contributed by atoms with Crippen LogP contribution in [-0.2, 0) is 37.5 Å². The van der Waals surface area contributed by atoms with E-state index in [1.165, 1.54) is 0 Å². The predicted octanol–water partition coefficient (Wildman–Crippen LogP) is -0.913. The van der Waals surface area contributed by atoms with E-state index in [0.29, 0.717) is 0 Å². The number of hydrogen-bond donors (Lipinski definition) is 0. The largest absolute Gasteiger partial charge is 0.400 e. The van der Waals surface area contributed by atoms with Gasteiger partial charge in [0.05, 0.1) is 13.2 Å². The van der Waals surface area contributed by atoms with Crippen LogP contribution in [0.4, 0.5) is 0 Å². The third-order valence-corrected chi connectivity index (χ3v) is 4.03. The standard InChI is InChI=1S/C6H10O8S2/c7-15(8)11-3-1-5(13-15)6-2-4-12-16(9,10)14-6/h5-6H,1-4H2. The van der Waals surface area contributed by atoms with Gasteiger partial charge in [0.25, 0.3) is 0 Å². The van der Waals surface area contributed by atoms with E-state index in [1.807, 2.05) is 0 Å². The summed E-state index contributed by atoms with van der Waals surface area (Å²) in [7, 11) is -8.07. The highest BCUT2D eigenvalue weighted by molar-refractivity contribution is 7.82. The predicted molar refractivity (Wildman–Crippen MR) is 48.7 cm³/mol. The Hall–Kier alpha value is -0.260. The van der Waals surface area contributed by atoms with Gasteiger partial charge in [-0.2, -0.15) is 16.8 Å². The lowest BCUT2D eigenvalue weighted by molar-refractivity contribution is -0.0211. The summed E-state index contributed by atoms with van der Waals surface area (Å²) >= 11 is 0. The average molecular weight is 274 g/mol. The van der Waals surface area contributed by atoms with E-state index in [-0.39, 0.29) is 26.1 Å². The van der Waals surface area contributed by atoms with E-state index in [4.69, 9.17) is 0 Å². The van der Waals surface area contributed by atoms with E-state index < -0.39 is 33.0 Å². The van der Waals surface area contributed by atoms with E-state index in [1.54, 1.807) is 0 Å². The van der Waals surface area contributed by atoms with Crippen molar-refractivity contribution in [3.05, 3.63) is 0 Å². The first-order chi connectivity index (χ1) is 7.38. The summed E-state index contributed by atoms with van der Waals surface area (Å²) in [6.07, 6.45) is -1.20. The van der Waals surface area contributed by atoms with Crippen molar-refractivity contribution in [3.63, 3.8) is 0 Å². The molecule has 10 heteroatoms. The van der Waals surface area contributed by atoms with Gasteiger partial charge < -0.3 is 0 Å². The fourth-order valence-electron chi connectivity index (χ4n) is 1.48. The topological polar surface area (TPSA) is 105 Å². The van der Waals surface area contributed by atoms with Crippen LogP contribution in [0.15, 0.2) is 0 Å². The van der Waals surface area contributed by atoms with Crippen LogP contribution in [0.1, 0.15) is 12.8 Å². The van der Waals surface area contributed by atoms with E-state index in [9.17, 15) is 16.8 Å². The number of rotatable bonds is 1. The van der Waals surface area contributed by atoms with E-state index in [2.05, 4.69) is 16.7 Å². The van der Waals surface area contributed by atoms with Gasteiger partial charge in [-0.3, -0.25) is 0 Å². The molecule has 94 valence electrons. The van der Waals surface area contributed by atoms with Crippen molar-refractivity contribution in [1.82, 2.24) is 0 Å². The molecule has 0 aliphatic carbocycles. The van der Waals surface area contributed by atoms with Gasteiger partial charge in [0.2, 0.25) is 0 Å². The maximum absolute atomic E-state index is 11.0. The maximum Gasteiger partial charge on any atom is 0.400 e. The summed E-state index contributed by atoms with van der Waals surface area (Å²) in [6.45, 7) is -0.0957. The molecule has 16 heavy (non-hydrogen) atoms. The Kier molecular flexibility index (Phi) is 3.20. The molecule has 0 bridgehead atoms. The van der Waals surface area contributed by atoms with Crippen molar-refractivity contribution in [2.24, 2.45) is 0 Å². The van der Waals surface area contributed by atoms with Crippen LogP contribution >= 0.6 is 0 Å². The van der Waals surface area contributed by atoms with Crippen LogP contribution in [0.2, 0.25) is 0 Å². The van der Waals surface area contributed by atoms with E-state index >= 15 is 0 Å². The first-order valence-electron chi connectivity index (χ1n) is 4.53. The SMILES string of the molecule is O=S1(=O)OCCC(C2CCOS(=O)(=O)O2)O1. The third-order valence-electron chi connectivity index (χ3n) is 2.16. The minimum Gasteiger partial charge on any atom is -0.248 e. The van der Waals surface area contributed by atoms with Crippen LogP contribution in [0.5, 0.6) is 0 Å². The van der Waals surface area contributed by atoms with Crippen molar-refractivity contribution >= 4 is 20.8 Å². The van der Waals surface area contributed by atoms with E-state index in [0.717, 1.165) is 0 Å². The smallest absolute Gasteiger partial charge is 0.248 e. The molecule has 0 aromatic rings. The van der Waals surface area contributed by atoms with Gasteiger partial charge in [-0.15, -0.1) is 0 Å². The van der Waals surface area contributed by atoms with Crippen LogP contribution < -0.4 is 0 Å². The highest BCUT2D eigenvalue weighted by Gasteiger charge is 2.38. The Morgan fingerprint density at radius 3 is 1.44 bits per heavy atom. The van der Waals surface area contributed by atoms with Crippen molar-refractivity contribution < 1.29 is 33.6 Å². The third kappa shape index (κ3) is 2.90. The zero-order valence-electron chi connectivity index (χ0n) is 8.07. The first-order valence-corrected chi connectivity index (χ1v) is 7.20. The molecular formula is C6H10O8S2. The molecular weight excluding hydrogens is 264 g/mol. The van der Waals surface area contributed by atoms with Crippen LogP contribution in [-0.4, -0.2) is 42.3 Å². The van der Waals surface area contributed by atoms with Gasteiger partial charge in [0.1, 0.15) is 12.2 Å². The normalized spacial score (nSPS) is 38.0. The lowest BCUT2D eigenvalue weighted by atomic mass is 10.1. The molecule has 0 spiro atoms. The van der Waals surface area contributed by atoms with Crippen molar-refractivity contribution in [2.45, 2.75) is 25.0 Å². The molecule has 0 aromatic heterocycles. The first kappa shape index (κ1) is 12.2. The Bertz CT molecular complexity index is 407. The molecule has 2 aliphatic rings. The van der Waals surface area contributed by atoms with Gasteiger partial charge in [-0.05, 0) is 0 Å². The molecule has 2 atom stereocenters. The second-order valence-corrected chi connectivity index (χ2v) is 5.80. The molecule has 2 fully saturated rings. The Labute approximate surface area is 93.1 Å². The lowest BCUT2D eigenvalue weighted by Gasteiger charge is -2.30. The van der Waals surface area contributed by atoms with Crippen LogP contribution in [0.25, 0.3) is 0 Å². The quantitative estimate of drug-likeness (QED) is 0.605. The molecule has 2 saturated heterocycles. The molecule has 2 aliphatic heterocycles. The summed E-state index contributed by atoms with van der Waals surface area (Å²) in [6, 6.07) is 0. The molecule has 2 heterocycles. The Morgan fingerprint density at radius 2 is 1.12 bits per heavy atom. The molecule has 2 rings (SSSR count). The van der Waals surface area contributed by atoms with Gasteiger partial charge in [0.15, 0.2) is 0 Å². The molecule has 0 N–H and O–H groups in total. The summed E-state index contributed by atoms with van der Waals surface area (Å²) in [5.41, 5.74) is 0. The molecule has 2 unspecified atom stereocenters. The monoisotopic (exact) mass is 274 g/mol. The molecule has 0 aromatic carbocycles. The van der Waals surface area contributed by atoms with Crippen molar-refractivity contribution in [3.8, 4) is 0 Å². The van der Waals surface area contributed by atoms with Crippen LogP contribution in [0, 0.1) is 0 Å². The van der Waals surface area contributed by atoms with Crippen molar-refractivity contribution in [1.29, 1.82) is 0 Å². The fraction of sp³-hybridized carbons (Fsp3) is 1.00.